The lowest BCUT2D eigenvalue weighted by molar-refractivity contribution is -0.152. The van der Waals surface area contributed by atoms with E-state index >= 15 is 0 Å². The fourth-order valence-electron chi connectivity index (χ4n) is 2.80. The maximum atomic E-state index is 11.8. The van der Waals surface area contributed by atoms with Gasteiger partial charge in [0.05, 0.1) is 13.2 Å². The lowest BCUT2D eigenvalue weighted by atomic mass is 10.1. The first kappa shape index (κ1) is 16.0. The third-order valence-corrected chi connectivity index (χ3v) is 3.94. The topological polar surface area (TPSA) is 170 Å². The average Bonchev–Trinajstić information content (AvgIpc) is 3.30. The summed E-state index contributed by atoms with van der Waals surface area (Å²) in [6, 6.07) is 0. The van der Waals surface area contributed by atoms with E-state index < -0.39 is 68.0 Å². The van der Waals surface area contributed by atoms with Gasteiger partial charge in [-0.05, 0) is 0 Å². The molecule has 4 N–H and O–H groups in total. The van der Waals surface area contributed by atoms with Crippen LogP contribution in [0.15, 0.2) is 23.0 Å². The van der Waals surface area contributed by atoms with Crippen LogP contribution < -0.4 is 0 Å². The lowest BCUT2D eigenvalue weighted by Gasteiger charge is -2.34. The van der Waals surface area contributed by atoms with E-state index in [1.54, 1.807) is 0 Å². The zero-order chi connectivity index (χ0) is 17.9. The van der Waals surface area contributed by atoms with Crippen molar-refractivity contribution in [1.82, 2.24) is 0 Å². The number of aliphatic hydroxyl groups excluding tert-OH is 4. The van der Waals surface area contributed by atoms with E-state index in [0.29, 0.717) is 0 Å². The molecule has 1 spiro atoms. The van der Waals surface area contributed by atoms with Gasteiger partial charge in [0, 0.05) is 0 Å². The molecule has 4 rings (SSSR count). The van der Waals surface area contributed by atoms with Gasteiger partial charge in [0.15, 0.2) is 12.2 Å². The first-order valence-electron chi connectivity index (χ1n) is 7.26. The fraction of sp³-hybridized carbons (Fsp3) is 0.500. The Balaban J connectivity index is 1.56. The summed E-state index contributed by atoms with van der Waals surface area (Å²) in [6.07, 6.45) is -5.60. The number of hydrogen-bond donors (Lipinski definition) is 4. The van der Waals surface area contributed by atoms with Crippen molar-refractivity contribution in [3.05, 3.63) is 23.0 Å². The molecule has 0 aliphatic carbocycles. The molecule has 4 aliphatic rings. The molecule has 0 saturated carbocycles. The number of rotatable bonds is 4. The Morgan fingerprint density at radius 2 is 1.20 bits per heavy atom. The Morgan fingerprint density at radius 3 is 1.56 bits per heavy atom. The largest absolute Gasteiger partial charge is 0.777 e. The summed E-state index contributed by atoms with van der Waals surface area (Å²) < 4.78 is 30.8. The van der Waals surface area contributed by atoms with Gasteiger partial charge in [0.2, 0.25) is 11.5 Å². The van der Waals surface area contributed by atoms with Gasteiger partial charge in [0.25, 0.3) is 0 Å². The SMILES string of the molecule is O=C1O[C@H]([C@@H](O)CO)C2=C1O[B-]1(OC3=C(O1)[C@@H]([C@@H](O)CO)OC3=O)O2. The second-order valence-electron chi connectivity index (χ2n) is 5.59. The van der Waals surface area contributed by atoms with Crippen LogP contribution in [0.2, 0.25) is 0 Å². The van der Waals surface area contributed by atoms with Crippen molar-refractivity contribution in [2.75, 3.05) is 13.2 Å². The highest BCUT2D eigenvalue weighted by atomic mass is 16.9. The van der Waals surface area contributed by atoms with Crippen LogP contribution in [0.1, 0.15) is 0 Å². The molecule has 0 bridgehead atoms. The molecule has 0 aromatic rings. The highest BCUT2D eigenvalue weighted by Gasteiger charge is 2.63. The molecule has 0 unspecified atom stereocenters. The fourth-order valence-corrected chi connectivity index (χ4v) is 2.80. The zero-order valence-electron chi connectivity index (χ0n) is 12.4. The smallest absolute Gasteiger partial charge is 0.609 e. The quantitative estimate of drug-likeness (QED) is 0.289. The van der Waals surface area contributed by atoms with Crippen LogP contribution in [0.5, 0.6) is 0 Å². The predicted octanol–water partition coefficient (Wildman–Crippen LogP) is -3.50. The number of carbonyl (C=O) groups is 2. The number of aliphatic hydroxyl groups is 4. The van der Waals surface area contributed by atoms with Gasteiger partial charge in [-0.3, -0.25) is 0 Å². The molecule has 4 atom stereocenters. The van der Waals surface area contributed by atoms with Crippen LogP contribution in [0.3, 0.4) is 0 Å². The summed E-state index contributed by atoms with van der Waals surface area (Å²) in [5.74, 6) is -3.29. The van der Waals surface area contributed by atoms with Gasteiger partial charge >= 0.3 is 18.9 Å². The average molecular weight is 359 g/mol. The zero-order valence-corrected chi connectivity index (χ0v) is 12.4. The summed E-state index contributed by atoms with van der Waals surface area (Å²) >= 11 is 0. The second-order valence-corrected chi connectivity index (χ2v) is 5.59. The molecule has 13 heteroatoms. The molecular formula is C12H12BO12-. The molecule has 136 valence electrons. The molecule has 0 fully saturated rings. The number of carbonyl (C=O) groups excluding carboxylic acids is 2. The normalized spacial score (nSPS) is 30.9. The van der Waals surface area contributed by atoms with Crippen molar-refractivity contribution in [1.29, 1.82) is 0 Å². The molecule has 4 heterocycles. The number of hydrogen-bond acceptors (Lipinski definition) is 12. The van der Waals surface area contributed by atoms with Crippen LogP contribution in [-0.2, 0) is 37.7 Å². The van der Waals surface area contributed by atoms with E-state index in [4.69, 9.17) is 38.3 Å². The van der Waals surface area contributed by atoms with E-state index in [1.165, 1.54) is 0 Å². The molecule has 4 aliphatic heterocycles. The number of cyclic esters (lactones) is 2. The Labute approximate surface area is 138 Å². The van der Waals surface area contributed by atoms with Crippen molar-refractivity contribution >= 4 is 18.9 Å². The van der Waals surface area contributed by atoms with Crippen LogP contribution in [0, 0.1) is 0 Å². The van der Waals surface area contributed by atoms with Gasteiger partial charge in [0.1, 0.15) is 23.7 Å². The predicted molar refractivity (Wildman–Crippen MR) is 70.1 cm³/mol. The first-order valence-corrected chi connectivity index (χ1v) is 7.26. The number of esters is 2. The van der Waals surface area contributed by atoms with Gasteiger partial charge in [-0.15, -0.1) is 0 Å². The minimum atomic E-state index is -3.14. The van der Waals surface area contributed by atoms with Crippen LogP contribution >= 0.6 is 0 Å². The molecule has 0 aromatic heterocycles. The van der Waals surface area contributed by atoms with Crippen molar-refractivity contribution in [2.24, 2.45) is 0 Å². The van der Waals surface area contributed by atoms with Crippen LogP contribution in [0.25, 0.3) is 0 Å². The van der Waals surface area contributed by atoms with Crippen LogP contribution in [0.4, 0.5) is 0 Å². The van der Waals surface area contributed by atoms with Gasteiger partial charge < -0.3 is 48.5 Å². The second kappa shape index (κ2) is 5.26. The van der Waals surface area contributed by atoms with E-state index in [-0.39, 0.29) is 11.5 Å². The highest BCUT2D eigenvalue weighted by molar-refractivity contribution is 6.57. The monoisotopic (exact) mass is 359 g/mol. The minimum Gasteiger partial charge on any atom is -0.609 e. The Morgan fingerprint density at radius 1 is 0.800 bits per heavy atom. The van der Waals surface area contributed by atoms with E-state index in [1.807, 2.05) is 0 Å². The van der Waals surface area contributed by atoms with Crippen molar-refractivity contribution in [3.63, 3.8) is 0 Å². The van der Waals surface area contributed by atoms with Crippen molar-refractivity contribution in [3.8, 4) is 0 Å². The first-order chi connectivity index (χ1) is 11.9. The Hall–Kier alpha value is -2.48. The summed E-state index contributed by atoms with van der Waals surface area (Å²) in [6.45, 7) is -4.57. The van der Waals surface area contributed by atoms with E-state index in [2.05, 4.69) is 0 Å². The minimum absolute atomic E-state index is 0.250. The van der Waals surface area contributed by atoms with Gasteiger partial charge in [-0.1, -0.05) is 0 Å². The molecule has 0 saturated heterocycles. The van der Waals surface area contributed by atoms with Crippen LogP contribution in [-0.4, -0.2) is 77.0 Å². The maximum Gasteiger partial charge on any atom is 0.777 e. The standard InChI is InChI=1S/C12H12BO12/c14-1-3(16)5-7-9(11(18)20-5)24-13(22-7)23-8-6(4(17)2-15)21-12(19)10(8)25-13/h3-6,14-17H,1-2H2/q-1/t3-,4-,5+,6+,13?/m0/s1. The van der Waals surface area contributed by atoms with Gasteiger partial charge in [-0.2, -0.15) is 0 Å². The molecular weight excluding hydrogens is 347 g/mol. The summed E-state index contributed by atoms with van der Waals surface area (Å²) in [7, 11) is 0. The van der Waals surface area contributed by atoms with Gasteiger partial charge in [-0.25, -0.2) is 9.59 Å². The Bertz CT molecular complexity index is 653. The summed E-state index contributed by atoms with van der Waals surface area (Å²) in [5, 5.41) is 37.4. The molecule has 0 aromatic carbocycles. The highest BCUT2D eigenvalue weighted by Crippen LogP contribution is 2.46. The number of ether oxygens (including phenoxy) is 2. The molecule has 0 amide bonds. The maximum absolute atomic E-state index is 11.8. The molecule has 25 heavy (non-hydrogen) atoms. The lowest BCUT2D eigenvalue weighted by Crippen LogP contribution is -2.46. The third kappa shape index (κ3) is 2.17. The molecule has 0 radical (unpaired) electrons. The Kier molecular flexibility index (Phi) is 3.37. The van der Waals surface area contributed by atoms with Crippen molar-refractivity contribution < 1.29 is 58.1 Å². The summed E-state index contributed by atoms with van der Waals surface area (Å²) in [5.41, 5.74) is 0. The summed E-state index contributed by atoms with van der Waals surface area (Å²) in [4.78, 5) is 23.6. The third-order valence-electron chi connectivity index (χ3n) is 3.94. The van der Waals surface area contributed by atoms with E-state index in [0.717, 1.165) is 0 Å². The molecule has 12 nitrogen and oxygen atoms in total. The van der Waals surface area contributed by atoms with E-state index in [9.17, 15) is 19.8 Å². The van der Waals surface area contributed by atoms with Crippen molar-refractivity contribution in [2.45, 2.75) is 24.4 Å².